The summed E-state index contributed by atoms with van der Waals surface area (Å²) in [4.78, 5) is 32.4. The highest BCUT2D eigenvalue weighted by molar-refractivity contribution is 7.99. The third-order valence-electron chi connectivity index (χ3n) is 5.13. The Morgan fingerprint density at radius 1 is 1.18 bits per heavy atom. The molecular formula is C23H21ClN4O2S3. The molecule has 1 amide bonds. The first-order valence-electron chi connectivity index (χ1n) is 10.2. The van der Waals surface area contributed by atoms with Crippen molar-refractivity contribution in [1.82, 2.24) is 19.0 Å². The predicted octanol–water partition coefficient (Wildman–Crippen LogP) is 5.31. The number of hydrogen-bond acceptors (Lipinski definition) is 6. The number of benzene rings is 2. The molecule has 0 radical (unpaired) electrons. The number of carbonyl (C=O) groups excluding carboxylic acids is 1. The molecule has 2 aromatic carbocycles. The fraction of sp³-hybridized carbons (Fsp3) is 0.217. The van der Waals surface area contributed by atoms with Crippen molar-refractivity contribution < 1.29 is 4.79 Å². The molecule has 0 spiro atoms. The number of fused-ring (bicyclic) bond motifs is 1. The second-order valence-corrected chi connectivity index (χ2v) is 10.3. The number of aromatic nitrogens is 3. The Kier molecular flexibility index (Phi) is 7.33. The SMILES string of the molecule is CCN(Cc1ccccc1)C(=O)CSc1nc2c(sc(=S)n2-c2ccc(Cl)cc2)c(=O)n1C. The van der Waals surface area contributed by atoms with Gasteiger partial charge in [-0.05, 0) is 49.0 Å². The van der Waals surface area contributed by atoms with Crippen LogP contribution in [-0.2, 0) is 18.4 Å². The van der Waals surface area contributed by atoms with Gasteiger partial charge in [0.05, 0.1) is 5.75 Å². The summed E-state index contributed by atoms with van der Waals surface area (Å²) in [6.45, 7) is 3.10. The number of hydrogen-bond donors (Lipinski definition) is 0. The molecule has 0 aliphatic rings. The van der Waals surface area contributed by atoms with Gasteiger partial charge in [-0.25, -0.2) is 4.98 Å². The second kappa shape index (κ2) is 10.2. The van der Waals surface area contributed by atoms with Gasteiger partial charge in [-0.15, -0.1) is 0 Å². The van der Waals surface area contributed by atoms with Crippen LogP contribution in [0.25, 0.3) is 16.0 Å². The maximum atomic E-state index is 13.0. The molecular weight excluding hydrogens is 496 g/mol. The summed E-state index contributed by atoms with van der Waals surface area (Å²) < 4.78 is 4.25. The summed E-state index contributed by atoms with van der Waals surface area (Å²) in [5.41, 5.74) is 2.16. The van der Waals surface area contributed by atoms with E-state index < -0.39 is 0 Å². The molecule has 2 heterocycles. The normalized spacial score (nSPS) is 11.1. The largest absolute Gasteiger partial charge is 0.338 e. The zero-order valence-electron chi connectivity index (χ0n) is 18.0. The van der Waals surface area contributed by atoms with Gasteiger partial charge in [0.1, 0.15) is 4.70 Å². The van der Waals surface area contributed by atoms with Crippen LogP contribution in [0.3, 0.4) is 0 Å². The zero-order valence-corrected chi connectivity index (χ0v) is 21.2. The Bertz CT molecular complexity index is 1410. The summed E-state index contributed by atoms with van der Waals surface area (Å²) in [5, 5.41) is 1.08. The van der Waals surface area contributed by atoms with Crippen molar-refractivity contribution in [2.24, 2.45) is 7.05 Å². The fourth-order valence-corrected chi connectivity index (χ4v) is 5.70. The van der Waals surface area contributed by atoms with Crippen LogP contribution < -0.4 is 5.56 Å². The number of thioether (sulfide) groups is 1. The Balaban J connectivity index is 1.62. The summed E-state index contributed by atoms with van der Waals surface area (Å²) in [7, 11) is 1.67. The molecule has 33 heavy (non-hydrogen) atoms. The molecule has 0 fully saturated rings. The molecule has 6 nitrogen and oxygen atoms in total. The molecule has 0 unspecified atom stereocenters. The summed E-state index contributed by atoms with van der Waals surface area (Å²) in [5.74, 6) is 0.165. The number of rotatable bonds is 7. The summed E-state index contributed by atoms with van der Waals surface area (Å²) in [6.07, 6.45) is 0. The van der Waals surface area contributed by atoms with Crippen LogP contribution in [0.15, 0.2) is 64.5 Å². The maximum Gasteiger partial charge on any atom is 0.273 e. The van der Waals surface area contributed by atoms with Crippen molar-refractivity contribution in [2.75, 3.05) is 12.3 Å². The van der Waals surface area contributed by atoms with E-state index in [1.165, 1.54) is 27.7 Å². The smallest absolute Gasteiger partial charge is 0.273 e. The van der Waals surface area contributed by atoms with E-state index in [2.05, 4.69) is 0 Å². The number of amides is 1. The lowest BCUT2D eigenvalue weighted by molar-refractivity contribution is -0.128. The van der Waals surface area contributed by atoms with Gasteiger partial charge in [0, 0.05) is 30.8 Å². The van der Waals surface area contributed by atoms with Gasteiger partial charge in [0.25, 0.3) is 5.56 Å². The minimum absolute atomic E-state index is 0.0134. The van der Waals surface area contributed by atoms with Crippen LogP contribution in [0.2, 0.25) is 5.02 Å². The van der Waals surface area contributed by atoms with Gasteiger partial charge < -0.3 is 4.90 Å². The maximum absolute atomic E-state index is 13.0. The Hall–Kier alpha value is -2.46. The quantitative estimate of drug-likeness (QED) is 0.189. The topological polar surface area (TPSA) is 60.1 Å². The van der Waals surface area contributed by atoms with Gasteiger partial charge in [0.2, 0.25) is 5.91 Å². The van der Waals surface area contributed by atoms with E-state index in [1.807, 2.05) is 49.4 Å². The van der Waals surface area contributed by atoms with Gasteiger partial charge in [-0.2, -0.15) is 0 Å². The molecule has 0 N–H and O–H groups in total. The van der Waals surface area contributed by atoms with Crippen molar-refractivity contribution in [2.45, 2.75) is 18.6 Å². The lowest BCUT2D eigenvalue weighted by atomic mass is 10.2. The van der Waals surface area contributed by atoms with Gasteiger partial charge >= 0.3 is 0 Å². The van der Waals surface area contributed by atoms with E-state index in [0.717, 1.165) is 11.3 Å². The zero-order chi connectivity index (χ0) is 23.5. The van der Waals surface area contributed by atoms with Crippen molar-refractivity contribution in [3.8, 4) is 5.69 Å². The van der Waals surface area contributed by atoms with E-state index >= 15 is 0 Å². The van der Waals surface area contributed by atoms with Gasteiger partial charge in [-0.3, -0.25) is 18.7 Å². The first kappa shape index (κ1) is 23.7. The predicted molar refractivity (Wildman–Crippen MR) is 138 cm³/mol. The van der Waals surface area contributed by atoms with E-state index in [4.69, 9.17) is 28.8 Å². The Morgan fingerprint density at radius 3 is 2.55 bits per heavy atom. The van der Waals surface area contributed by atoms with Crippen LogP contribution in [0, 0.1) is 3.95 Å². The van der Waals surface area contributed by atoms with Crippen molar-refractivity contribution in [3.05, 3.63) is 79.5 Å². The van der Waals surface area contributed by atoms with E-state index in [-0.39, 0.29) is 17.2 Å². The number of halogens is 1. The Morgan fingerprint density at radius 2 is 1.88 bits per heavy atom. The minimum atomic E-state index is -0.185. The van der Waals surface area contributed by atoms with Crippen molar-refractivity contribution >= 4 is 63.2 Å². The minimum Gasteiger partial charge on any atom is -0.338 e. The Labute approximate surface area is 209 Å². The second-order valence-electron chi connectivity index (χ2n) is 7.27. The fourth-order valence-electron chi connectivity index (χ4n) is 3.36. The summed E-state index contributed by atoms with van der Waals surface area (Å²) in [6, 6.07) is 17.1. The number of carbonyl (C=O) groups is 1. The average Bonchev–Trinajstić information content (AvgIpc) is 3.15. The van der Waals surface area contributed by atoms with Crippen LogP contribution >= 0.6 is 46.9 Å². The van der Waals surface area contributed by atoms with Crippen LogP contribution in [0.1, 0.15) is 12.5 Å². The standard InChI is InChI=1S/C23H21ClN4O2S3/c1-3-27(13-15-7-5-4-6-8-15)18(29)14-32-22-25-20-19(21(30)26(22)2)33-23(31)28(20)17-11-9-16(24)10-12-17/h4-12H,3,13-14H2,1-2H3. The van der Waals surface area contributed by atoms with Crippen LogP contribution in [0.5, 0.6) is 0 Å². The first-order valence-corrected chi connectivity index (χ1v) is 12.8. The third-order valence-corrected chi connectivity index (χ3v) is 7.75. The van der Waals surface area contributed by atoms with Crippen LogP contribution in [-0.4, -0.2) is 37.2 Å². The molecule has 170 valence electrons. The molecule has 0 aliphatic heterocycles. The molecule has 0 bridgehead atoms. The van der Waals surface area contributed by atoms with E-state index in [0.29, 0.717) is 37.6 Å². The molecule has 0 atom stereocenters. The first-order chi connectivity index (χ1) is 15.9. The molecule has 4 rings (SSSR count). The lowest BCUT2D eigenvalue weighted by Gasteiger charge is -2.21. The van der Waals surface area contributed by atoms with E-state index in [1.54, 1.807) is 28.6 Å². The average molecular weight is 517 g/mol. The molecule has 10 heteroatoms. The molecule has 0 saturated carbocycles. The highest BCUT2D eigenvalue weighted by Crippen LogP contribution is 2.26. The summed E-state index contributed by atoms with van der Waals surface area (Å²) >= 11 is 14.0. The highest BCUT2D eigenvalue weighted by Gasteiger charge is 2.18. The van der Waals surface area contributed by atoms with Crippen LogP contribution in [0.4, 0.5) is 0 Å². The molecule has 0 saturated heterocycles. The molecule has 4 aromatic rings. The monoisotopic (exact) mass is 516 g/mol. The molecule has 2 aromatic heterocycles. The molecule has 0 aliphatic carbocycles. The van der Waals surface area contributed by atoms with Crippen molar-refractivity contribution in [1.29, 1.82) is 0 Å². The third kappa shape index (κ3) is 5.06. The van der Waals surface area contributed by atoms with Gasteiger partial charge in [0.15, 0.2) is 14.8 Å². The van der Waals surface area contributed by atoms with Crippen molar-refractivity contribution in [3.63, 3.8) is 0 Å². The lowest BCUT2D eigenvalue weighted by Crippen LogP contribution is -2.32. The van der Waals surface area contributed by atoms with Gasteiger partial charge in [-0.1, -0.05) is 65.0 Å². The van der Waals surface area contributed by atoms with E-state index in [9.17, 15) is 9.59 Å². The highest BCUT2D eigenvalue weighted by atomic mass is 35.5. The number of nitrogens with zero attached hydrogens (tertiary/aromatic N) is 4. The number of thiazole rings is 1.